The molecule has 174 valence electrons. The van der Waals surface area contributed by atoms with E-state index >= 15 is 0 Å². The van der Waals surface area contributed by atoms with Crippen molar-refractivity contribution in [1.29, 1.82) is 0 Å². The summed E-state index contributed by atoms with van der Waals surface area (Å²) in [6.45, 7) is 0.225. The molecule has 3 rings (SSSR count). The van der Waals surface area contributed by atoms with Gasteiger partial charge >= 0.3 is 32.7 Å². The van der Waals surface area contributed by atoms with Gasteiger partial charge in [0.1, 0.15) is 6.04 Å². The van der Waals surface area contributed by atoms with Gasteiger partial charge in [-0.05, 0) is 37.1 Å². The number of carbonyl (C=O) groups is 3. The van der Waals surface area contributed by atoms with Crippen molar-refractivity contribution >= 4 is 62.4 Å². The number of carboxylic acids is 2. The number of nitrogens with zero attached hydrogens (tertiary/aromatic N) is 3. The Morgan fingerprint density at radius 3 is 2.50 bits per heavy atom. The number of amides is 1. The number of rotatable bonds is 9. The SMILES string of the molecule is Nc1nc2ncc(CNc3ccc(C(=O)N[C@@H](CCC(=O)[O-])C(=O)O)cc3)nc2c(=O)[nH]1.[CH3][Mg+]. The summed E-state index contributed by atoms with van der Waals surface area (Å²) in [4.78, 5) is 60.4. The van der Waals surface area contributed by atoms with Gasteiger partial charge in [0.05, 0.1) is 18.4 Å². The predicted octanol–water partition coefficient (Wildman–Crippen LogP) is -1.18. The fraction of sp³-hybridized carbons (Fsp3) is 0.250. The first-order valence-electron chi connectivity index (χ1n) is 10.0. The quantitative estimate of drug-likeness (QED) is 0.230. The minimum absolute atomic E-state index is 0.0529. The predicted molar refractivity (Wildman–Crippen MR) is 121 cm³/mol. The number of nitrogens with one attached hydrogen (secondary N) is 3. The number of nitrogen functional groups attached to an aromatic ring is 1. The van der Waals surface area contributed by atoms with Gasteiger partial charge in [0.15, 0.2) is 11.2 Å². The van der Waals surface area contributed by atoms with Crippen LogP contribution in [0.15, 0.2) is 35.3 Å². The van der Waals surface area contributed by atoms with Crippen LogP contribution in [0, 0.1) is 0 Å². The second-order valence-electron chi connectivity index (χ2n) is 6.69. The first-order valence-corrected chi connectivity index (χ1v) is 11.4. The summed E-state index contributed by atoms with van der Waals surface area (Å²) in [7, 11) is 0. The normalized spacial score (nSPS) is 11.1. The van der Waals surface area contributed by atoms with Gasteiger partial charge in [0.2, 0.25) is 5.95 Å². The molecule has 0 aliphatic rings. The van der Waals surface area contributed by atoms with Crippen molar-refractivity contribution < 1.29 is 24.6 Å². The Balaban J connectivity index is 0.00000199. The van der Waals surface area contributed by atoms with Crippen LogP contribution in [0.25, 0.3) is 11.2 Å². The summed E-state index contributed by atoms with van der Waals surface area (Å²) in [5.41, 5.74) is 6.43. The summed E-state index contributed by atoms with van der Waals surface area (Å²) in [6, 6.07) is 4.78. The van der Waals surface area contributed by atoms with Gasteiger partial charge in [0, 0.05) is 17.2 Å². The van der Waals surface area contributed by atoms with Crippen molar-refractivity contribution in [3.63, 3.8) is 0 Å². The second-order valence-corrected chi connectivity index (χ2v) is 6.69. The standard InChI is InChI=1S/C19H19N7O6.CH3.Mg/c20-19-25-15-14(17(30)26-19)23-11(8-22-15)7-21-10-3-1-9(2-4-10)16(29)24-12(18(31)32)5-6-13(27)28;;/h1-4,8,12,21H,5-7H2,(H,24,29)(H,27,28)(H,31,32)(H3,20,22,25,26,30);1H3;/q;;+1/p-1/t12-;;/m0../s1. The topological polar surface area (TPSA) is 216 Å². The zero-order chi connectivity index (χ0) is 25.3. The number of fused-ring (bicyclic) bond motifs is 1. The molecule has 1 aromatic carbocycles. The summed E-state index contributed by atoms with van der Waals surface area (Å²) in [6.07, 6.45) is 0.662. The zero-order valence-corrected chi connectivity index (χ0v) is 19.6. The van der Waals surface area contributed by atoms with Crippen molar-refractivity contribution in [2.45, 2.75) is 30.5 Å². The number of carboxylic acid groups (broad SMARTS) is 2. The number of carbonyl (C=O) groups excluding carboxylic acids is 2. The molecule has 34 heavy (non-hydrogen) atoms. The molecule has 0 unspecified atom stereocenters. The van der Waals surface area contributed by atoms with Gasteiger partial charge in [0.25, 0.3) is 11.5 Å². The Labute approximate surface area is 205 Å². The molecule has 0 saturated heterocycles. The minimum atomic E-state index is -1.40. The van der Waals surface area contributed by atoms with E-state index in [0.29, 0.717) is 11.4 Å². The zero-order valence-electron chi connectivity index (χ0n) is 18.2. The van der Waals surface area contributed by atoms with Crippen molar-refractivity contribution in [1.82, 2.24) is 25.3 Å². The molecule has 1 atom stereocenters. The second kappa shape index (κ2) is 12.5. The van der Waals surface area contributed by atoms with E-state index in [4.69, 9.17) is 10.8 Å². The van der Waals surface area contributed by atoms with Crippen molar-refractivity contribution in [2.24, 2.45) is 0 Å². The van der Waals surface area contributed by atoms with Crippen molar-refractivity contribution in [2.75, 3.05) is 11.1 Å². The van der Waals surface area contributed by atoms with Gasteiger partial charge < -0.3 is 31.4 Å². The maximum absolute atomic E-state index is 12.3. The van der Waals surface area contributed by atoms with Gasteiger partial charge in [-0.1, -0.05) is 0 Å². The van der Waals surface area contributed by atoms with E-state index in [-0.39, 0.29) is 35.6 Å². The molecule has 0 aliphatic carbocycles. The number of aliphatic carboxylic acids is 2. The third-order valence-corrected chi connectivity index (χ3v) is 4.35. The monoisotopic (exact) mass is 479 g/mol. The average Bonchev–Trinajstić information content (AvgIpc) is 2.81. The fourth-order valence-corrected chi connectivity index (χ4v) is 2.75. The Kier molecular flexibility index (Phi) is 9.70. The van der Waals surface area contributed by atoms with Crippen LogP contribution in [0.3, 0.4) is 0 Å². The molecular formula is C20H21MgN7O6. The third kappa shape index (κ3) is 7.38. The average molecular weight is 480 g/mol. The molecule has 0 saturated carbocycles. The molecule has 2 aromatic heterocycles. The third-order valence-electron chi connectivity index (χ3n) is 4.35. The molecule has 6 N–H and O–H groups in total. The Morgan fingerprint density at radius 2 is 1.88 bits per heavy atom. The molecule has 1 amide bonds. The molecule has 0 bridgehead atoms. The van der Waals surface area contributed by atoms with Gasteiger partial charge in [-0.25, -0.2) is 14.8 Å². The first-order chi connectivity index (χ1) is 16.2. The molecule has 14 heteroatoms. The Bertz CT molecular complexity index is 1230. The van der Waals surface area contributed by atoms with E-state index in [1.54, 1.807) is 12.1 Å². The van der Waals surface area contributed by atoms with Crippen LogP contribution < -0.4 is 27.0 Å². The first kappa shape index (κ1) is 26.5. The number of anilines is 2. The molecule has 0 radical (unpaired) electrons. The summed E-state index contributed by atoms with van der Waals surface area (Å²) >= 11 is 1.86. The molecule has 3 aromatic rings. The number of H-pyrrole nitrogens is 1. The Hall–Kier alpha value is -3.78. The molecule has 0 aliphatic heterocycles. The molecular weight excluding hydrogens is 459 g/mol. The van der Waals surface area contributed by atoms with Gasteiger partial charge in [-0.15, -0.1) is 0 Å². The van der Waals surface area contributed by atoms with Crippen LogP contribution in [-0.2, 0) is 16.1 Å². The maximum atomic E-state index is 12.3. The van der Waals surface area contributed by atoms with Crippen LogP contribution in [0.2, 0.25) is 5.05 Å². The Morgan fingerprint density at radius 1 is 1.21 bits per heavy atom. The number of benzene rings is 1. The van der Waals surface area contributed by atoms with Crippen LogP contribution in [0.1, 0.15) is 28.9 Å². The van der Waals surface area contributed by atoms with E-state index in [2.05, 4.69) is 30.6 Å². The van der Waals surface area contributed by atoms with Crippen molar-refractivity contribution in [3.05, 3.63) is 52.1 Å². The molecule has 0 spiro atoms. The van der Waals surface area contributed by atoms with E-state index in [1.807, 2.05) is 26.8 Å². The molecule has 13 nitrogen and oxygen atoms in total. The summed E-state index contributed by atoms with van der Waals surface area (Å²) < 4.78 is 0. The van der Waals surface area contributed by atoms with Crippen LogP contribution >= 0.6 is 0 Å². The van der Waals surface area contributed by atoms with Crippen LogP contribution in [0.5, 0.6) is 0 Å². The van der Waals surface area contributed by atoms with Gasteiger partial charge in [-0.3, -0.25) is 14.6 Å². The van der Waals surface area contributed by atoms with Gasteiger partial charge in [-0.2, -0.15) is 4.98 Å². The number of hydrogen-bond donors (Lipinski definition) is 5. The molecule has 2 heterocycles. The van der Waals surface area contributed by atoms with Crippen molar-refractivity contribution in [3.8, 4) is 0 Å². The summed E-state index contributed by atoms with van der Waals surface area (Å²) in [5, 5.41) is 27.0. The number of aromatic amines is 1. The van der Waals surface area contributed by atoms with E-state index in [1.165, 1.54) is 18.3 Å². The number of hydrogen-bond acceptors (Lipinski definition) is 10. The summed E-state index contributed by atoms with van der Waals surface area (Å²) in [5.74, 6) is -3.46. The van der Waals surface area contributed by atoms with Crippen LogP contribution in [0.4, 0.5) is 11.6 Å². The van der Waals surface area contributed by atoms with Crippen LogP contribution in [-0.4, -0.2) is 70.6 Å². The number of nitrogens with two attached hydrogens (primary N) is 1. The van der Waals surface area contributed by atoms with E-state index < -0.39 is 35.9 Å². The fourth-order valence-electron chi connectivity index (χ4n) is 2.75. The number of aromatic nitrogens is 4. The van der Waals surface area contributed by atoms with E-state index in [9.17, 15) is 24.3 Å². The van der Waals surface area contributed by atoms with E-state index in [0.717, 1.165) is 0 Å². The molecule has 0 fully saturated rings.